The minimum absolute atomic E-state index is 0.0989. The molecule has 0 radical (unpaired) electrons. The maximum atomic E-state index is 13.9. The van der Waals surface area contributed by atoms with Crippen LogP contribution >= 0.6 is 0 Å². The maximum Gasteiger partial charge on any atom is 0.272 e. The van der Waals surface area contributed by atoms with E-state index in [-0.39, 0.29) is 11.7 Å². The number of rotatable bonds is 3. The summed E-state index contributed by atoms with van der Waals surface area (Å²) in [6.07, 6.45) is 1.48. The molecule has 4 rings (SSSR count). The molecule has 2 heterocycles. The third kappa shape index (κ3) is 3.27. The first-order valence-corrected chi connectivity index (χ1v) is 9.00. The first-order valence-electron chi connectivity index (χ1n) is 9.00. The minimum atomic E-state index is -0.512. The molecule has 2 aliphatic rings. The van der Waals surface area contributed by atoms with E-state index in [4.69, 9.17) is 4.99 Å². The van der Waals surface area contributed by atoms with Crippen LogP contribution in [0.25, 0.3) is 0 Å². The number of benzene rings is 2. The highest BCUT2D eigenvalue weighted by Crippen LogP contribution is 2.29. The predicted octanol–water partition coefficient (Wildman–Crippen LogP) is 3.05. The summed E-state index contributed by atoms with van der Waals surface area (Å²) < 4.78 is 13.9. The molecule has 26 heavy (non-hydrogen) atoms. The van der Waals surface area contributed by atoms with E-state index in [1.807, 2.05) is 43.3 Å². The lowest BCUT2D eigenvalue weighted by Gasteiger charge is -2.37. The van der Waals surface area contributed by atoms with E-state index in [0.717, 1.165) is 37.1 Å². The van der Waals surface area contributed by atoms with Crippen LogP contribution in [-0.4, -0.2) is 35.3 Å². The Kier molecular flexibility index (Phi) is 4.32. The van der Waals surface area contributed by atoms with Gasteiger partial charge < -0.3 is 5.32 Å². The quantitative estimate of drug-likeness (QED) is 0.924. The van der Waals surface area contributed by atoms with Crippen LogP contribution in [0.2, 0.25) is 0 Å². The highest BCUT2D eigenvalue weighted by Gasteiger charge is 2.42. The highest BCUT2D eigenvalue weighted by molar-refractivity contribution is 6.46. The number of amides is 1. The van der Waals surface area contributed by atoms with Crippen molar-refractivity contribution in [1.29, 1.82) is 0 Å². The fourth-order valence-electron chi connectivity index (χ4n) is 3.74. The Morgan fingerprint density at radius 1 is 1.15 bits per heavy atom. The second-order valence-corrected chi connectivity index (χ2v) is 7.18. The zero-order valence-electron chi connectivity index (χ0n) is 14.8. The highest BCUT2D eigenvalue weighted by atomic mass is 19.1. The van der Waals surface area contributed by atoms with Gasteiger partial charge in [0.25, 0.3) is 5.91 Å². The number of hydrogen-bond acceptors (Lipinski definition) is 3. The summed E-state index contributed by atoms with van der Waals surface area (Å²) in [5, 5.41) is 3.09. The normalized spacial score (nSPS) is 19.5. The number of piperidine rings is 1. The van der Waals surface area contributed by atoms with Crippen LogP contribution < -0.4 is 5.32 Å². The molecular formula is C21H22FN3O. The molecule has 5 heteroatoms. The Morgan fingerprint density at radius 3 is 2.65 bits per heavy atom. The summed E-state index contributed by atoms with van der Waals surface area (Å²) in [7, 11) is 0. The zero-order valence-corrected chi connectivity index (χ0v) is 14.8. The number of aryl methyl sites for hydroxylation is 1. The van der Waals surface area contributed by atoms with E-state index in [1.165, 1.54) is 6.07 Å². The molecule has 1 spiro atoms. The van der Waals surface area contributed by atoms with Gasteiger partial charge in [-0.2, -0.15) is 0 Å². The number of carbonyl (C=O) groups is 1. The molecule has 4 nitrogen and oxygen atoms in total. The Morgan fingerprint density at radius 2 is 1.92 bits per heavy atom. The number of halogens is 1. The molecule has 0 unspecified atom stereocenters. The van der Waals surface area contributed by atoms with Gasteiger partial charge in [0.2, 0.25) is 0 Å². The van der Waals surface area contributed by atoms with Gasteiger partial charge in [0.05, 0.1) is 0 Å². The molecule has 134 valence electrons. The lowest BCUT2D eigenvalue weighted by Crippen LogP contribution is -2.50. The van der Waals surface area contributed by atoms with E-state index in [0.29, 0.717) is 17.8 Å². The van der Waals surface area contributed by atoms with Crippen LogP contribution in [0.5, 0.6) is 0 Å². The number of aliphatic imine (C=N–C) groups is 1. The Hall–Kier alpha value is -2.53. The summed E-state index contributed by atoms with van der Waals surface area (Å²) in [5.74, 6) is -0.264. The smallest absolute Gasteiger partial charge is 0.272 e. The van der Waals surface area contributed by atoms with Crippen molar-refractivity contribution in [2.24, 2.45) is 4.99 Å². The molecule has 1 amide bonds. The third-order valence-electron chi connectivity index (χ3n) is 5.21. The average Bonchev–Trinajstić information content (AvgIpc) is 2.95. The molecule has 2 aromatic carbocycles. The van der Waals surface area contributed by atoms with Crippen molar-refractivity contribution < 1.29 is 9.18 Å². The minimum Gasteiger partial charge on any atom is -0.326 e. The van der Waals surface area contributed by atoms with Crippen molar-refractivity contribution in [3.05, 3.63) is 71.0 Å². The van der Waals surface area contributed by atoms with Crippen molar-refractivity contribution >= 4 is 11.6 Å². The van der Waals surface area contributed by atoms with Crippen molar-refractivity contribution in [3.8, 4) is 0 Å². The predicted molar refractivity (Wildman–Crippen MR) is 99.5 cm³/mol. The molecule has 0 aliphatic carbocycles. The molecule has 1 N–H and O–H groups in total. The Labute approximate surface area is 152 Å². The first kappa shape index (κ1) is 16.9. The second-order valence-electron chi connectivity index (χ2n) is 7.18. The van der Waals surface area contributed by atoms with Gasteiger partial charge in [-0.05, 0) is 19.1 Å². The summed E-state index contributed by atoms with van der Waals surface area (Å²) in [4.78, 5) is 19.5. The lowest BCUT2D eigenvalue weighted by molar-refractivity contribution is -0.115. The summed E-state index contributed by atoms with van der Waals surface area (Å²) in [6.45, 7) is 4.15. The van der Waals surface area contributed by atoms with Crippen molar-refractivity contribution in [3.63, 3.8) is 0 Å². The number of likely N-dealkylation sites (tertiary alicyclic amines) is 1. The van der Waals surface area contributed by atoms with Crippen LogP contribution in [-0.2, 0) is 11.3 Å². The molecule has 2 aromatic rings. The van der Waals surface area contributed by atoms with Crippen molar-refractivity contribution in [1.82, 2.24) is 10.2 Å². The van der Waals surface area contributed by atoms with Crippen LogP contribution in [0.4, 0.5) is 4.39 Å². The van der Waals surface area contributed by atoms with Crippen molar-refractivity contribution in [2.45, 2.75) is 32.0 Å². The summed E-state index contributed by atoms with van der Waals surface area (Å²) in [5.41, 5.74) is 2.70. The van der Waals surface area contributed by atoms with Gasteiger partial charge in [-0.15, -0.1) is 0 Å². The van der Waals surface area contributed by atoms with E-state index in [1.54, 1.807) is 6.07 Å². The molecule has 1 saturated heterocycles. The van der Waals surface area contributed by atoms with Crippen LogP contribution in [0.1, 0.15) is 29.5 Å². The monoisotopic (exact) mass is 351 g/mol. The number of nitrogens with zero attached hydrogens (tertiary/aromatic N) is 2. The van der Waals surface area contributed by atoms with Gasteiger partial charge in [-0.25, -0.2) is 4.39 Å². The first-order chi connectivity index (χ1) is 12.5. The van der Waals surface area contributed by atoms with Crippen LogP contribution in [0.3, 0.4) is 0 Å². The summed E-state index contributed by atoms with van der Waals surface area (Å²) >= 11 is 0. The van der Waals surface area contributed by atoms with Gasteiger partial charge in [0, 0.05) is 43.6 Å². The number of hydrogen-bond donors (Lipinski definition) is 1. The van der Waals surface area contributed by atoms with Crippen LogP contribution in [0, 0.1) is 12.7 Å². The SMILES string of the molecule is Cc1cccc(C2=NC3(CCN(Cc4ccccc4F)CC3)NC2=O)c1. The van der Waals surface area contributed by atoms with E-state index < -0.39 is 5.66 Å². The van der Waals surface area contributed by atoms with E-state index >= 15 is 0 Å². The topological polar surface area (TPSA) is 44.7 Å². The molecule has 1 fully saturated rings. The Bertz CT molecular complexity index is 869. The lowest BCUT2D eigenvalue weighted by atomic mass is 9.97. The fourth-order valence-corrected chi connectivity index (χ4v) is 3.74. The number of nitrogens with one attached hydrogen (secondary N) is 1. The second kappa shape index (κ2) is 6.65. The average molecular weight is 351 g/mol. The molecule has 0 aromatic heterocycles. The zero-order chi connectivity index (χ0) is 18.1. The van der Waals surface area contributed by atoms with Gasteiger partial charge in [-0.1, -0.05) is 42.0 Å². The van der Waals surface area contributed by atoms with Gasteiger partial charge in [0.1, 0.15) is 17.2 Å². The van der Waals surface area contributed by atoms with Gasteiger partial charge in [-0.3, -0.25) is 14.7 Å². The van der Waals surface area contributed by atoms with E-state index in [2.05, 4.69) is 10.2 Å². The van der Waals surface area contributed by atoms with Crippen LogP contribution in [0.15, 0.2) is 53.5 Å². The molecule has 0 bridgehead atoms. The van der Waals surface area contributed by atoms with Gasteiger partial charge >= 0.3 is 0 Å². The maximum absolute atomic E-state index is 13.9. The molecule has 0 atom stereocenters. The molecular weight excluding hydrogens is 329 g/mol. The molecule has 2 aliphatic heterocycles. The van der Waals surface area contributed by atoms with E-state index in [9.17, 15) is 9.18 Å². The molecule has 0 saturated carbocycles. The van der Waals surface area contributed by atoms with Gasteiger partial charge in [0.15, 0.2) is 0 Å². The fraction of sp³-hybridized carbons (Fsp3) is 0.333. The Balaban J connectivity index is 1.47. The number of carbonyl (C=O) groups excluding carboxylic acids is 1. The standard InChI is InChI=1S/C21H22FN3O/c1-15-5-4-7-16(13-15)19-20(26)24-21(23-19)9-11-25(12-10-21)14-17-6-2-3-8-18(17)22/h2-8,13H,9-12,14H2,1H3,(H,24,26). The largest absolute Gasteiger partial charge is 0.326 e. The third-order valence-corrected chi connectivity index (χ3v) is 5.21. The van der Waals surface area contributed by atoms with Crippen molar-refractivity contribution in [2.75, 3.05) is 13.1 Å². The summed E-state index contributed by atoms with van der Waals surface area (Å²) in [6, 6.07) is 14.8.